The molecule has 0 heterocycles. The van der Waals surface area contributed by atoms with E-state index in [1.54, 1.807) is 0 Å². The maximum atomic E-state index is 12.1. The van der Waals surface area contributed by atoms with Gasteiger partial charge in [-0.3, -0.25) is 9.59 Å². The largest absolute Gasteiger partial charge is 0.291 e. The minimum atomic E-state index is -0.276. The second-order valence-corrected chi connectivity index (χ2v) is 5.09. The zero-order valence-corrected chi connectivity index (χ0v) is 10.7. The third-order valence-electron chi connectivity index (χ3n) is 3.81. The third-order valence-corrected chi connectivity index (χ3v) is 3.81. The maximum Gasteiger partial charge on any atom is 0.204 e. The van der Waals surface area contributed by atoms with Crippen LogP contribution in [0.3, 0.4) is 0 Å². The first kappa shape index (κ1) is 13.4. The summed E-state index contributed by atoms with van der Waals surface area (Å²) in [4.78, 5) is 23.7. The monoisotopic (exact) mass is 224 g/mol. The van der Waals surface area contributed by atoms with Crippen LogP contribution in [0.1, 0.15) is 71.6 Å². The van der Waals surface area contributed by atoms with Crippen LogP contribution in [-0.4, -0.2) is 11.6 Å². The van der Waals surface area contributed by atoms with Gasteiger partial charge in [-0.2, -0.15) is 0 Å². The number of hydrogen-bond donors (Lipinski definition) is 0. The summed E-state index contributed by atoms with van der Waals surface area (Å²) in [5.74, 6) is -0.167. The summed E-state index contributed by atoms with van der Waals surface area (Å²) in [6, 6.07) is 0. The number of carbonyl (C=O) groups excluding carboxylic acids is 2. The van der Waals surface area contributed by atoms with E-state index in [2.05, 4.69) is 13.8 Å². The lowest BCUT2D eigenvalue weighted by Gasteiger charge is -2.35. The summed E-state index contributed by atoms with van der Waals surface area (Å²) < 4.78 is 0. The third kappa shape index (κ3) is 2.93. The van der Waals surface area contributed by atoms with Crippen LogP contribution in [0.15, 0.2) is 0 Å². The number of ketones is 2. The normalized spacial score (nSPS) is 20.1. The fraction of sp³-hybridized carbons (Fsp3) is 0.857. The van der Waals surface area contributed by atoms with Crippen molar-refractivity contribution in [3.63, 3.8) is 0 Å². The Labute approximate surface area is 98.8 Å². The highest BCUT2D eigenvalue weighted by atomic mass is 16.2. The Hall–Kier alpha value is -0.660. The molecule has 0 unspecified atom stereocenters. The van der Waals surface area contributed by atoms with Crippen molar-refractivity contribution in [2.45, 2.75) is 71.6 Å². The molecule has 0 bridgehead atoms. The van der Waals surface area contributed by atoms with Gasteiger partial charge in [-0.1, -0.05) is 39.5 Å². The molecule has 0 spiro atoms. The zero-order valence-electron chi connectivity index (χ0n) is 10.7. The molecule has 1 aliphatic rings. The van der Waals surface area contributed by atoms with Gasteiger partial charge >= 0.3 is 0 Å². The highest BCUT2D eigenvalue weighted by Crippen LogP contribution is 2.40. The van der Waals surface area contributed by atoms with Crippen LogP contribution in [0, 0.1) is 5.41 Å². The number of Topliss-reactive ketones (excluding diaryl/α,β-unsaturated/α-hetero) is 2. The van der Waals surface area contributed by atoms with E-state index in [0.717, 1.165) is 51.4 Å². The van der Waals surface area contributed by atoms with Crippen molar-refractivity contribution in [3.05, 3.63) is 0 Å². The average molecular weight is 224 g/mol. The van der Waals surface area contributed by atoms with E-state index in [-0.39, 0.29) is 17.0 Å². The molecule has 0 amide bonds. The van der Waals surface area contributed by atoms with E-state index in [1.165, 1.54) is 0 Å². The summed E-state index contributed by atoms with van der Waals surface area (Å²) in [5.41, 5.74) is -0.276. The van der Waals surface area contributed by atoms with Gasteiger partial charge < -0.3 is 0 Å². The zero-order chi connectivity index (χ0) is 12.0. The molecule has 2 heteroatoms. The lowest BCUT2D eigenvalue weighted by molar-refractivity contribution is -0.146. The van der Waals surface area contributed by atoms with E-state index >= 15 is 0 Å². The van der Waals surface area contributed by atoms with E-state index in [4.69, 9.17) is 0 Å². The predicted octanol–water partition coefficient (Wildman–Crippen LogP) is 3.68. The fourth-order valence-corrected chi connectivity index (χ4v) is 2.74. The van der Waals surface area contributed by atoms with Crippen molar-refractivity contribution in [2.75, 3.05) is 0 Å². The van der Waals surface area contributed by atoms with Gasteiger partial charge in [0.25, 0.3) is 0 Å². The highest BCUT2D eigenvalue weighted by Gasteiger charge is 2.42. The molecule has 16 heavy (non-hydrogen) atoms. The predicted molar refractivity (Wildman–Crippen MR) is 65.3 cm³/mol. The standard InChI is InChI=1S/C14H24O2/c1-3-5-9-14(10-6-4-2)11-7-8-12(15)13(14)16/h3-11H2,1-2H3. The minimum Gasteiger partial charge on any atom is -0.291 e. The van der Waals surface area contributed by atoms with Gasteiger partial charge in [0, 0.05) is 11.8 Å². The van der Waals surface area contributed by atoms with Crippen molar-refractivity contribution in [2.24, 2.45) is 5.41 Å². The molecule has 1 saturated carbocycles. The van der Waals surface area contributed by atoms with Crippen LogP contribution in [-0.2, 0) is 9.59 Å². The molecular weight excluding hydrogens is 200 g/mol. The second-order valence-electron chi connectivity index (χ2n) is 5.09. The summed E-state index contributed by atoms with van der Waals surface area (Å²) >= 11 is 0. The highest BCUT2D eigenvalue weighted by molar-refractivity contribution is 6.39. The molecule has 1 aliphatic carbocycles. The minimum absolute atomic E-state index is 0.0550. The molecule has 0 radical (unpaired) electrons. The van der Waals surface area contributed by atoms with Crippen LogP contribution >= 0.6 is 0 Å². The van der Waals surface area contributed by atoms with Gasteiger partial charge in [0.2, 0.25) is 5.78 Å². The summed E-state index contributed by atoms with van der Waals surface area (Å²) in [6.45, 7) is 4.28. The van der Waals surface area contributed by atoms with E-state index in [0.29, 0.717) is 6.42 Å². The Morgan fingerprint density at radius 3 is 2.12 bits per heavy atom. The fourth-order valence-electron chi connectivity index (χ4n) is 2.74. The van der Waals surface area contributed by atoms with Crippen LogP contribution in [0.4, 0.5) is 0 Å². The topological polar surface area (TPSA) is 34.1 Å². The SMILES string of the molecule is CCCCC1(CCCC)CCCC(=O)C1=O. The van der Waals surface area contributed by atoms with Gasteiger partial charge in [0.15, 0.2) is 5.78 Å². The molecule has 2 nitrogen and oxygen atoms in total. The number of unbranched alkanes of at least 4 members (excludes halogenated alkanes) is 2. The van der Waals surface area contributed by atoms with Gasteiger partial charge in [0.05, 0.1) is 0 Å². The first-order valence-corrected chi connectivity index (χ1v) is 6.74. The average Bonchev–Trinajstić information content (AvgIpc) is 2.30. The van der Waals surface area contributed by atoms with Crippen LogP contribution in [0.25, 0.3) is 0 Å². The smallest absolute Gasteiger partial charge is 0.204 e. The first-order valence-electron chi connectivity index (χ1n) is 6.74. The number of rotatable bonds is 6. The number of carbonyl (C=O) groups is 2. The van der Waals surface area contributed by atoms with Crippen molar-refractivity contribution >= 4 is 11.6 Å². The lowest BCUT2D eigenvalue weighted by atomic mass is 9.67. The van der Waals surface area contributed by atoms with E-state index in [9.17, 15) is 9.59 Å². The summed E-state index contributed by atoms with van der Waals surface area (Å²) in [6.07, 6.45) is 8.55. The van der Waals surface area contributed by atoms with Crippen molar-refractivity contribution in [1.82, 2.24) is 0 Å². The Balaban J connectivity index is 2.74. The van der Waals surface area contributed by atoms with Crippen molar-refractivity contribution < 1.29 is 9.59 Å². The summed E-state index contributed by atoms with van der Waals surface area (Å²) in [5, 5.41) is 0. The Bertz CT molecular complexity index is 247. The molecule has 1 rings (SSSR count). The quantitative estimate of drug-likeness (QED) is 0.645. The molecule has 0 aliphatic heterocycles. The molecule has 0 atom stereocenters. The van der Waals surface area contributed by atoms with E-state index < -0.39 is 0 Å². The van der Waals surface area contributed by atoms with Gasteiger partial charge in [0.1, 0.15) is 0 Å². The van der Waals surface area contributed by atoms with Crippen LogP contribution < -0.4 is 0 Å². The number of hydrogen-bond acceptors (Lipinski definition) is 2. The second kappa shape index (κ2) is 6.17. The molecule has 0 aromatic heterocycles. The molecule has 0 aromatic rings. The van der Waals surface area contributed by atoms with Gasteiger partial charge in [-0.05, 0) is 25.7 Å². The van der Waals surface area contributed by atoms with Crippen molar-refractivity contribution in [3.8, 4) is 0 Å². The molecule has 0 N–H and O–H groups in total. The molecule has 0 aromatic carbocycles. The van der Waals surface area contributed by atoms with E-state index in [1.807, 2.05) is 0 Å². The Morgan fingerprint density at radius 2 is 1.62 bits per heavy atom. The molecule has 1 fully saturated rings. The molecule has 0 saturated heterocycles. The Kier molecular flexibility index (Phi) is 5.17. The van der Waals surface area contributed by atoms with Crippen LogP contribution in [0.2, 0.25) is 0 Å². The maximum absolute atomic E-state index is 12.1. The lowest BCUT2D eigenvalue weighted by Crippen LogP contribution is -2.40. The molecule has 92 valence electrons. The molecular formula is C14H24O2. The first-order chi connectivity index (χ1) is 7.66. The van der Waals surface area contributed by atoms with Crippen molar-refractivity contribution in [1.29, 1.82) is 0 Å². The Morgan fingerprint density at radius 1 is 1.06 bits per heavy atom. The van der Waals surface area contributed by atoms with Gasteiger partial charge in [-0.25, -0.2) is 0 Å². The summed E-state index contributed by atoms with van der Waals surface area (Å²) in [7, 11) is 0. The van der Waals surface area contributed by atoms with Gasteiger partial charge in [-0.15, -0.1) is 0 Å². The van der Waals surface area contributed by atoms with Crippen LogP contribution in [0.5, 0.6) is 0 Å².